The van der Waals surface area contributed by atoms with Crippen LogP contribution < -0.4 is 0 Å². The number of aliphatic hydroxyl groups is 2. The maximum absolute atomic E-state index is 12.2. The lowest BCUT2D eigenvalue weighted by atomic mass is 10.1. The van der Waals surface area contributed by atoms with Crippen molar-refractivity contribution >= 4 is 5.91 Å². The second kappa shape index (κ2) is 4.46. The van der Waals surface area contributed by atoms with Crippen molar-refractivity contribution in [3.63, 3.8) is 0 Å². The average Bonchev–Trinajstić information content (AvgIpc) is 2.82. The number of aromatic nitrogens is 1. The Balaban J connectivity index is 2.23. The number of carbonyl (C=O) groups is 1. The van der Waals surface area contributed by atoms with E-state index in [1.165, 1.54) is 4.90 Å². The van der Waals surface area contributed by atoms with Crippen molar-refractivity contribution in [2.75, 3.05) is 13.1 Å². The van der Waals surface area contributed by atoms with Gasteiger partial charge in [-0.25, -0.2) is 0 Å². The van der Waals surface area contributed by atoms with Crippen molar-refractivity contribution in [3.05, 3.63) is 17.0 Å². The molecule has 0 saturated carbocycles. The molecule has 1 aromatic rings. The van der Waals surface area contributed by atoms with E-state index in [0.717, 1.165) is 0 Å². The van der Waals surface area contributed by atoms with Gasteiger partial charge in [0, 0.05) is 13.1 Å². The van der Waals surface area contributed by atoms with Gasteiger partial charge >= 0.3 is 0 Å². The van der Waals surface area contributed by atoms with Crippen LogP contribution in [0, 0.1) is 6.92 Å². The van der Waals surface area contributed by atoms with Crippen molar-refractivity contribution in [2.24, 2.45) is 0 Å². The van der Waals surface area contributed by atoms with Crippen molar-refractivity contribution in [3.8, 4) is 0 Å². The largest absolute Gasteiger partial charge is 0.388 e. The zero-order chi connectivity index (χ0) is 12.6. The second-order valence-electron chi connectivity index (χ2n) is 4.26. The van der Waals surface area contributed by atoms with Gasteiger partial charge in [0.25, 0.3) is 5.91 Å². The number of β-amino-alcohol motifs (C(OH)–C–C–N with tert-alkyl or cyclic N) is 2. The quantitative estimate of drug-likeness (QED) is 0.742. The smallest absolute Gasteiger partial charge is 0.259 e. The molecule has 1 amide bonds. The predicted molar refractivity (Wildman–Crippen MR) is 58.5 cm³/mol. The molecule has 0 radical (unpaired) electrons. The second-order valence-corrected chi connectivity index (χ2v) is 4.26. The van der Waals surface area contributed by atoms with E-state index >= 15 is 0 Å². The molecule has 17 heavy (non-hydrogen) atoms. The van der Waals surface area contributed by atoms with Crippen molar-refractivity contribution in [2.45, 2.75) is 32.5 Å². The SMILES string of the molecule is CCc1noc(C)c1C(=O)N1C[C@@H](O)[C@@H](O)C1. The number of amides is 1. The Morgan fingerprint density at radius 3 is 2.59 bits per heavy atom. The number of carbonyl (C=O) groups excluding carboxylic acids is 1. The standard InChI is InChI=1S/C11H16N2O4/c1-3-7-10(6(2)17-12-7)11(16)13-4-8(14)9(15)5-13/h8-9,14-15H,3-5H2,1-2H3/t8-,9+. The van der Waals surface area contributed by atoms with Crippen LogP contribution in [0.5, 0.6) is 0 Å². The lowest BCUT2D eigenvalue weighted by Crippen LogP contribution is -2.30. The summed E-state index contributed by atoms with van der Waals surface area (Å²) in [5, 5.41) is 22.7. The van der Waals surface area contributed by atoms with Gasteiger partial charge in [-0.2, -0.15) is 0 Å². The minimum atomic E-state index is -0.871. The summed E-state index contributed by atoms with van der Waals surface area (Å²) >= 11 is 0. The number of rotatable bonds is 2. The van der Waals surface area contributed by atoms with Crippen LogP contribution in [0.4, 0.5) is 0 Å². The third-order valence-corrected chi connectivity index (χ3v) is 3.03. The fourth-order valence-electron chi connectivity index (χ4n) is 2.03. The minimum absolute atomic E-state index is 0.147. The van der Waals surface area contributed by atoms with Gasteiger partial charge in [-0.3, -0.25) is 4.79 Å². The summed E-state index contributed by atoms with van der Waals surface area (Å²) in [5.74, 6) is 0.235. The van der Waals surface area contributed by atoms with E-state index < -0.39 is 12.2 Å². The average molecular weight is 240 g/mol. The zero-order valence-corrected chi connectivity index (χ0v) is 9.88. The van der Waals surface area contributed by atoms with Gasteiger partial charge in [0.15, 0.2) is 0 Å². The molecule has 0 spiro atoms. The van der Waals surface area contributed by atoms with Crippen molar-refractivity contribution < 1.29 is 19.5 Å². The van der Waals surface area contributed by atoms with E-state index in [1.807, 2.05) is 6.92 Å². The molecule has 0 unspecified atom stereocenters. The van der Waals surface area contributed by atoms with E-state index in [-0.39, 0.29) is 19.0 Å². The van der Waals surface area contributed by atoms with Crippen LogP contribution in [0.2, 0.25) is 0 Å². The van der Waals surface area contributed by atoms with Gasteiger partial charge in [0.1, 0.15) is 11.3 Å². The molecule has 2 rings (SSSR count). The molecule has 1 aliphatic heterocycles. The molecule has 0 aliphatic carbocycles. The summed E-state index contributed by atoms with van der Waals surface area (Å²) in [5.41, 5.74) is 1.07. The molecular weight excluding hydrogens is 224 g/mol. The van der Waals surface area contributed by atoms with Gasteiger partial charge in [-0.05, 0) is 13.3 Å². The Morgan fingerprint density at radius 1 is 1.47 bits per heavy atom. The monoisotopic (exact) mass is 240 g/mol. The minimum Gasteiger partial charge on any atom is -0.388 e. The highest BCUT2D eigenvalue weighted by Crippen LogP contribution is 2.20. The van der Waals surface area contributed by atoms with Crippen molar-refractivity contribution in [1.29, 1.82) is 0 Å². The molecule has 1 saturated heterocycles. The molecule has 2 heterocycles. The van der Waals surface area contributed by atoms with Gasteiger partial charge in [0.2, 0.25) is 0 Å². The first-order chi connectivity index (χ1) is 8.04. The van der Waals surface area contributed by atoms with Gasteiger partial charge < -0.3 is 19.6 Å². The highest BCUT2D eigenvalue weighted by molar-refractivity contribution is 5.96. The predicted octanol–water partition coefficient (Wildman–Crippen LogP) is -0.277. The highest BCUT2D eigenvalue weighted by atomic mass is 16.5. The molecule has 2 atom stereocenters. The zero-order valence-electron chi connectivity index (χ0n) is 9.88. The fourth-order valence-corrected chi connectivity index (χ4v) is 2.03. The maximum Gasteiger partial charge on any atom is 0.259 e. The summed E-state index contributed by atoms with van der Waals surface area (Å²) < 4.78 is 5.00. The number of aliphatic hydroxyl groups excluding tert-OH is 2. The van der Waals surface area contributed by atoms with Crippen LogP contribution in [0.15, 0.2) is 4.52 Å². The number of aryl methyl sites for hydroxylation is 2. The van der Waals surface area contributed by atoms with Crippen LogP contribution in [-0.2, 0) is 6.42 Å². The molecule has 94 valence electrons. The first kappa shape index (κ1) is 12.1. The van der Waals surface area contributed by atoms with E-state index in [1.54, 1.807) is 6.92 Å². The topological polar surface area (TPSA) is 86.8 Å². The summed E-state index contributed by atoms with van der Waals surface area (Å²) in [6.07, 6.45) is -1.13. The summed E-state index contributed by atoms with van der Waals surface area (Å²) in [6.45, 7) is 3.87. The van der Waals surface area contributed by atoms with Crippen LogP contribution in [-0.4, -0.2) is 51.5 Å². The van der Waals surface area contributed by atoms with Crippen LogP contribution >= 0.6 is 0 Å². The van der Waals surface area contributed by atoms with Crippen LogP contribution in [0.3, 0.4) is 0 Å². The third kappa shape index (κ3) is 2.05. The molecular formula is C11H16N2O4. The van der Waals surface area contributed by atoms with Gasteiger partial charge in [-0.1, -0.05) is 12.1 Å². The molecule has 6 heteroatoms. The number of likely N-dealkylation sites (tertiary alicyclic amines) is 1. The first-order valence-corrected chi connectivity index (χ1v) is 5.65. The Kier molecular flexibility index (Phi) is 3.17. The normalized spacial score (nSPS) is 24.4. The molecule has 0 bridgehead atoms. The molecule has 1 aromatic heterocycles. The van der Waals surface area contributed by atoms with Gasteiger partial charge in [0.05, 0.1) is 17.9 Å². The Bertz CT molecular complexity index is 419. The van der Waals surface area contributed by atoms with E-state index in [4.69, 9.17) is 4.52 Å². The fraction of sp³-hybridized carbons (Fsp3) is 0.636. The van der Waals surface area contributed by atoms with Gasteiger partial charge in [-0.15, -0.1) is 0 Å². The van der Waals surface area contributed by atoms with Crippen LogP contribution in [0.25, 0.3) is 0 Å². The van der Waals surface area contributed by atoms with E-state index in [0.29, 0.717) is 23.4 Å². The number of hydrogen-bond donors (Lipinski definition) is 2. The molecule has 2 N–H and O–H groups in total. The number of nitrogens with zero attached hydrogens (tertiary/aromatic N) is 2. The summed E-state index contributed by atoms with van der Waals surface area (Å²) in [7, 11) is 0. The lowest BCUT2D eigenvalue weighted by Gasteiger charge is -2.14. The molecule has 1 aliphatic rings. The van der Waals surface area contributed by atoms with Crippen LogP contribution in [0.1, 0.15) is 28.7 Å². The first-order valence-electron chi connectivity index (χ1n) is 5.65. The molecule has 0 aromatic carbocycles. The number of hydrogen-bond acceptors (Lipinski definition) is 5. The third-order valence-electron chi connectivity index (χ3n) is 3.03. The van der Waals surface area contributed by atoms with Crippen molar-refractivity contribution in [1.82, 2.24) is 10.1 Å². The summed E-state index contributed by atoms with van der Waals surface area (Å²) in [6, 6.07) is 0. The molecule has 1 fully saturated rings. The lowest BCUT2D eigenvalue weighted by molar-refractivity contribution is 0.0572. The summed E-state index contributed by atoms with van der Waals surface area (Å²) in [4.78, 5) is 13.6. The Labute approximate surface area is 98.8 Å². The molecule has 6 nitrogen and oxygen atoms in total. The maximum atomic E-state index is 12.2. The van der Waals surface area contributed by atoms with E-state index in [2.05, 4.69) is 5.16 Å². The Hall–Kier alpha value is -1.40. The Morgan fingerprint density at radius 2 is 2.06 bits per heavy atom. The highest BCUT2D eigenvalue weighted by Gasteiger charge is 2.35. The van der Waals surface area contributed by atoms with E-state index in [9.17, 15) is 15.0 Å².